The Labute approximate surface area is 136 Å². The largest absolute Gasteiger partial charge is 0.310 e. The molecule has 0 aromatic heterocycles. The van der Waals surface area contributed by atoms with Crippen LogP contribution in [-0.4, -0.2) is 6.04 Å². The Balaban J connectivity index is 1.71. The highest BCUT2D eigenvalue weighted by Crippen LogP contribution is 2.33. The molecule has 0 amide bonds. The molecule has 1 fully saturated rings. The zero-order chi connectivity index (χ0) is 14.8. The maximum Gasteiger partial charge on any atom is 0.0462 e. The van der Waals surface area contributed by atoms with E-state index in [9.17, 15) is 0 Å². The van der Waals surface area contributed by atoms with Gasteiger partial charge >= 0.3 is 0 Å². The number of nitrogens with one attached hydrogen (secondary N) is 1. The molecule has 0 radical (unpaired) electrons. The van der Waals surface area contributed by atoms with Crippen molar-refractivity contribution in [3.05, 3.63) is 58.1 Å². The number of aryl methyl sites for hydroxylation is 2. The van der Waals surface area contributed by atoms with E-state index >= 15 is 0 Å². The van der Waals surface area contributed by atoms with E-state index in [0.29, 0.717) is 6.04 Å². The lowest BCUT2D eigenvalue weighted by molar-refractivity contribution is 0.687. The van der Waals surface area contributed by atoms with Crippen molar-refractivity contribution in [3.63, 3.8) is 0 Å². The molecule has 3 heteroatoms. The van der Waals surface area contributed by atoms with E-state index in [1.807, 2.05) is 0 Å². The topological polar surface area (TPSA) is 12.0 Å². The maximum atomic E-state index is 6.41. The van der Waals surface area contributed by atoms with E-state index in [1.54, 1.807) is 11.8 Å². The lowest BCUT2D eigenvalue weighted by Crippen LogP contribution is -2.15. The third kappa shape index (κ3) is 4.03. The highest BCUT2D eigenvalue weighted by atomic mass is 35.5. The van der Waals surface area contributed by atoms with Crippen LogP contribution in [0.25, 0.3) is 0 Å². The summed E-state index contributed by atoms with van der Waals surface area (Å²) < 4.78 is 0. The van der Waals surface area contributed by atoms with Gasteiger partial charge in [-0.1, -0.05) is 47.1 Å². The standard InChI is InChI=1S/C18H20ClNS/c1-12-3-8-18(13(2)9-12)21-16-7-4-14(17(19)10-16)11-20-15-5-6-15/h3-4,7-10,15,20H,5-6,11H2,1-2H3. The number of halogens is 1. The van der Waals surface area contributed by atoms with E-state index in [4.69, 9.17) is 11.6 Å². The van der Waals surface area contributed by atoms with Crippen molar-refractivity contribution in [2.75, 3.05) is 0 Å². The van der Waals surface area contributed by atoms with Crippen LogP contribution in [0.15, 0.2) is 46.2 Å². The van der Waals surface area contributed by atoms with Crippen molar-refractivity contribution in [1.82, 2.24) is 5.32 Å². The first kappa shape index (κ1) is 15.0. The van der Waals surface area contributed by atoms with Gasteiger partial charge in [0.2, 0.25) is 0 Å². The van der Waals surface area contributed by atoms with Crippen molar-refractivity contribution >= 4 is 23.4 Å². The number of hydrogen-bond acceptors (Lipinski definition) is 2. The zero-order valence-electron chi connectivity index (χ0n) is 12.4. The van der Waals surface area contributed by atoms with Crippen molar-refractivity contribution in [1.29, 1.82) is 0 Å². The van der Waals surface area contributed by atoms with Crippen LogP contribution in [0.5, 0.6) is 0 Å². The van der Waals surface area contributed by atoms with Gasteiger partial charge in [0.1, 0.15) is 0 Å². The summed E-state index contributed by atoms with van der Waals surface area (Å²) in [5, 5.41) is 4.37. The molecule has 0 atom stereocenters. The highest BCUT2D eigenvalue weighted by Gasteiger charge is 2.20. The summed E-state index contributed by atoms with van der Waals surface area (Å²) in [5.74, 6) is 0. The molecule has 0 aliphatic heterocycles. The van der Waals surface area contributed by atoms with Gasteiger partial charge in [0.05, 0.1) is 0 Å². The van der Waals surface area contributed by atoms with Crippen LogP contribution >= 0.6 is 23.4 Å². The second kappa shape index (κ2) is 6.43. The first-order valence-corrected chi connectivity index (χ1v) is 8.58. The molecule has 2 aromatic rings. The third-order valence-electron chi connectivity index (χ3n) is 3.74. The fraction of sp³-hybridized carbons (Fsp3) is 0.333. The van der Waals surface area contributed by atoms with Crippen molar-refractivity contribution in [2.24, 2.45) is 0 Å². The van der Waals surface area contributed by atoms with Crippen LogP contribution in [0.1, 0.15) is 29.5 Å². The Morgan fingerprint density at radius 1 is 1.14 bits per heavy atom. The summed E-state index contributed by atoms with van der Waals surface area (Å²) >= 11 is 8.19. The van der Waals surface area contributed by atoms with E-state index in [0.717, 1.165) is 11.6 Å². The quantitative estimate of drug-likeness (QED) is 0.796. The molecule has 3 rings (SSSR count). The minimum absolute atomic E-state index is 0.713. The third-order valence-corrected chi connectivity index (χ3v) is 5.26. The van der Waals surface area contributed by atoms with Gasteiger partial charge in [0.25, 0.3) is 0 Å². The summed E-state index contributed by atoms with van der Waals surface area (Å²) in [7, 11) is 0. The van der Waals surface area contributed by atoms with Crippen LogP contribution in [0, 0.1) is 13.8 Å². The number of benzene rings is 2. The van der Waals surface area contributed by atoms with Gasteiger partial charge in [-0.25, -0.2) is 0 Å². The smallest absolute Gasteiger partial charge is 0.0462 e. The fourth-order valence-electron chi connectivity index (χ4n) is 2.32. The van der Waals surface area contributed by atoms with Gasteiger partial charge in [0.15, 0.2) is 0 Å². The Bertz CT molecular complexity index is 650. The molecule has 1 aliphatic rings. The van der Waals surface area contributed by atoms with Crippen LogP contribution in [0.2, 0.25) is 5.02 Å². The summed E-state index contributed by atoms with van der Waals surface area (Å²) in [4.78, 5) is 2.49. The second-order valence-electron chi connectivity index (χ2n) is 5.78. The Morgan fingerprint density at radius 3 is 2.62 bits per heavy atom. The first-order chi connectivity index (χ1) is 10.1. The maximum absolute atomic E-state index is 6.41. The molecule has 0 unspecified atom stereocenters. The average molecular weight is 318 g/mol. The van der Waals surface area contributed by atoms with Gasteiger partial charge in [-0.2, -0.15) is 0 Å². The SMILES string of the molecule is Cc1ccc(Sc2ccc(CNC3CC3)c(Cl)c2)c(C)c1. The summed E-state index contributed by atoms with van der Waals surface area (Å²) in [6, 6.07) is 13.7. The van der Waals surface area contributed by atoms with Crippen molar-refractivity contribution < 1.29 is 0 Å². The monoisotopic (exact) mass is 317 g/mol. The molecule has 1 nitrogen and oxygen atoms in total. The molecule has 0 spiro atoms. The van der Waals surface area contributed by atoms with E-state index < -0.39 is 0 Å². The molecule has 21 heavy (non-hydrogen) atoms. The number of rotatable bonds is 5. The summed E-state index contributed by atoms with van der Waals surface area (Å²) in [6.45, 7) is 5.16. The lowest BCUT2D eigenvalue weighted by atomic mass is 10.2. The van der Waals surface area contributed by atoms with Gasteiger partial charge < -0.3 is 5.32 Å². The van der Waals surface area contributed by atoms with E-state index in [2.05, 4.69) is 55.6 Å². The molecule has 2 aromatic carbocycles. The van der Waals surface area contributed by atoms with Crippen LogP contribution < -0.4 is 5.32 Å². The molecular formula is C18H20ClNS. The Hall–Kier alpha value is -0.960. The highest BCUT2D eigenvalue weighted by molar-refractivity contribution is 7.99. The van der Waals surface area contributed by atoms with Crippen molar-refractivity contribution in [2.45, 2.75) is 49.1 Å². The molecule has 1 saturated carbocycles. The van der Waals surface area contributed by atoms with Gasteiger partial charge in [-0.15, -0.1) is 0 Å². The van der Waals surface area contributed by atoms with Crippen LogP contribution in [0.4, 0.5) is 0 Å². The Kier molecular flexibility index (Phi) is 4.58. The molecule has 0 bridgehead atoms. The van der Waals surface area contributed by atoms with Crippen LogP contribution in [0.3, 0.4) is 0 Å². The first-order valence-electron chi connectivity index (χ1n) is 7.39. The van der Waals surface area contributed by atoms with Gasteiger partial charge in [0, 0.05) is 27.4 Å². The minimum Gasteiger partial charge on any atom is -0.310 e. The molecule has 1 N–H and O–H groups in total. The lowest BCUT2D eigenvalue weighted by Gasteiger charge is -2.10. The summed E-state index contributed by atoms with van der Waals surface area (Å²) in [5.41, 5.74) is 3.81. The van der Waals surface area contributed by atoms with Gasteiger partial charge in [-0.05, 0) is 56.0 Å². The zero-order valence-corrected chi connectivity index (χ0v) is 14.0. The molecular weight excluding hydrogens is 298 g/mol. The van der Waals surface area contributed by atoms with E-state index in [-0.39, 0.29) is 0 Å². The Morgan fingerprint density at radius 2 is 1.95 bits per heavy atom. The molecule has 0 saturated heterocycles. The van der Waals surface area contributed by atoms with Crippen molar-refractivity contribution in [3.8, 4) is 0 Å². The van der Waals surface area contributed by atoms with E-state index in [1.165, 1.54) is 39.3 Å². The predicted molar refractivity (Wildman–Crippen MR) is 91.4 cm³/mol. The normalized spacial score (nSPS) is 14.4. The second-order valence-corrected chi connectivity index (χ2v) is 7.30. The van der Waals surface area contributed by atoms with Gasteiger partial charge in [-0.3, -0.25) is 0 Å². The average Bonchev–Trinajstić information content (AvgIpc) is 3.25. The molecule has 1 aliphatic carbocycles. The number of hydrogen-bond donors (Lipinski definition) is 1. The minimum atomic E-state index is 0.713. The fourth-order valence-corrected chi connectivity index (χ4v) is 3.55. The predicted octanol–water partition coefficient (Wildman–Crippen LogP) is 5.36. The molecule has 0 heterocycles. The summed E-state index contributed by atoms with van der Waals surface area (Å²) in [6.07, 6.45) is 2.61. The van der Waals surface area contributed by atoms with Crippen LogP contribution in [-0.2, 0) is 6.54 Å². The molecule has 110 valence electrons.